The first kappa shape index (κ1) is 68.3. The van der Waals surface area contributed by atoms with Crippen molar-refractivity contribution in [2.75, 3.05) is 0 Å². The molecule has 104 valence electrons. The molecular formula is C4H12Ag4S5-2. The number of rotatable bonds is 0. The Morgan fingerprint density at radius 1 is 0.615 bits per heavy atom. The third-order valence-corrected chi connectivity index (χ3v) is 0. The van der Waals surface area contributed by atoms with Crippen molar-refractivity contribution in [3.8, 4) is 0 Å². The molecule has 0 N–H and O–H groups in total. The van der Waals surface area contributed by atoms with Crippen molar-refractivity contribution >= 4 is 59.6 Å². The molecule has 0 fully saturated rings. The van der Waals surface area contributed by atoms with E-state index in [0.29, 0.717) is 0 Å². The van der Waals surface area contributed by atoms with Crippen molar-refractivity contribution in [2.45, 2.75) is 0 Å². The van der Waals surface area contributed by atoms with Gasteiger partial charge in [0.15, 0.2) is 0 Å². The second kappa shape index (κ2) is 230. The van der Waals surface area contributed by atoms with E-state index >= 15 is 0 Å². The average molecular weight is 652 g/mol. The van der Waals surface area contributed by atoms with Crippen LogP contribution in [-0.4, -0.2) is 0 Å². The van der Waals surface area contributed by atoms with E-state index in [1.165, 1.54) is 0 Å². The summed E-state index contributed by atoms with van der Waals surface area (Å²) < 4.78 is 0. The molecule has 2 radical (unpaired) electrons. The predicted octanol–water partition coefficient (Wildman–Crippen LogP) is 3.11. The Hall–Kier alpha value is 3.93. The molecule has 0 nitrogen and oxygen atoms in total. The Morgan fingerprint density at radius 3 is 0.615 bits per heavy atom. The van der Waals surface area contributed by atoms with Gasteiger partial charge in [-0.2, -0.15) is 27.0 Å². The van der Waals surface area contributed by atoms with Crippen molar-refractivity contribution in [1.82, 2.24) is 0 Å². The van der Waals surface area contributed by atoms with Crippen LogP contribution in [0.5, 0.6) is 0 Å². The normalized spacial score (nSPS) is 1.54. The van der Waals surface area contributed by atoms with Crippen molar-refractivity contribution in [1.29, 1.82) is 0 Å². The van der Waals surface area contributed by atoms with Crippen LogP contribution >= 0.6 is 46.1 Å². The van der Waals surface area contributed by atoms with Gasteiger partial charge in [0.1, 0.15) is 0 Å². The average Bonchev–Trinajstić information content (AvgIpc) is 2.03. The topological polar surface area (TPSA) is 0 Å². The summed E-state index contributed by atoms with van der Waals surface area (Å²) >= 11 is 5.07. The summed E-state index contributed by atoms with van der Waals surface area (Å²) in [5, 5.41) is 0. The molecule has 0 aromatic carbocycles. The fraction of sp³-hybridized carbons (Fsp3) is 0. The fourth-order valence-electron chi connectivity index (χ4n) is 0. The van der Waals surface area contributed by atoms with Gasteiger partial charge in [0.25, 0.3) is 0 Å². The minimum atomic E-state index is 0. The molecular weight excluding hydrogens is 640 g/mol. The number of hydrogen-bond donors (Lipinski definition) is 0. The first-order valence-corrected chi connectivity index (χ1v) is 5.37. The van der Waals surface area contributed by atoms with E-state index in [1.807, 2.05) is 0 Å². The number of hydrogen-bond acceptors (Lipinski definition) is 2. The van der Waals surface area contributed by atoms with Crippen LogP contribution in [0.1, 0.15) is 0 Å². The third kappa shape index (κ3) is 200. The Morgan fingerprint density at radius 2 is 0.615 bits per heavy atom. The summed E-state index contributed by atoms with van der Waals surface area (Å²) in [6, 6.07) is 0. The predicted molar refractivity (Wildman–Crippen MR) is 65.8 cm³/mol. The van der Waals surface area contributed by atoms with E-state index in [1.54, 1.807) is 0 Å². The molecule has 0 atom stereocenters. The molecule has 0 amide bonds. The van der Waals surface area contributed by atoms with Crippen molar-refractivity contribution in [3.05, 3.63) is 26.3 Å². The maximum absolute atomic E-state index is 3.89. The second-order valence-corrected chi connectivity index (χ2v) is 0. The van der Waals surface area contributed by atoms with Gasteiger partial charge in [-0.3, -0.25) is 0 Å². The summed E-state index contributed by atoms with van der Waals surface area (Å²) in [5.41, 5.74) is 0. The van der Waals surface area contributed by atoms with Gasteiger partial charge >= 0.3 is 57.5 Å². The van der Waals surface area contributed by atoms with Gasteiger partial charge in [-0.1, -0.05) is 0 Å². The molecule has 0 aliphatic rings. The van der Waals surface area contributed by atoms with Crippen LogP contribution < -0.4 is 0 Å². The molecule has 0 saturated heterocycles. The van der Waals surface area contributed by atoms with Crippen molar-refractivity contribution in [3.63, 3.8) is 0 Å². The third-order valence-electron chi connectivity index (χ3n) is 0. The standard InChI is InChI=1S/2C2H4.4Ag.2H2S.3S/c2*1-2;;;;;;;;;/h2*1-2H2;;;;;2*1H2;;;/q;;;;;;;;;;-2. The van der Waals surface area contributed by atoms with Crippen LogP contribution in [0.25, 0.3) is 0 Å². The van der Waals surface area contributed by atoms with Gasteiger partial charge in [0.05, 0.1) is 0 Å². The van der Waals surface area contributed by atoms with E-state index in [2.05, 4.69) is 83.8 Å². The maximum atomic E-state index is 3.89. The molecule has 0 saturated carbocycles. The summed E-state index contributed by atoms with van der Waals surface area (Å²) in [7, 11) is 7.79. The molecule has 0 aliphatic carbocycles. The molecule has 0 heterocycles. The molecule has 0 aromatic rings. The van der Waals surface area contributed by atoms with Crippen LogP contribution in [0.15, 0.2) is 26.3 Å². The summed E-state index contributed by atoms with van der Waals surface area (Å²) in [6.45, 7) is 12.0. The zero-order valence-electron chi connectivity index (χ0n) is 6.26. The summed E-state index contributed by atoms with van der Waals surface area (Å²) in [4.78, 5) is 0. The minimum absolute atomic E-state index is 0. The Kier molecular flexibility index (Phi) is 1210. The molecule has 0 bridgehead atoms. The van der Waals surface area contributed by atoms with Gasteiger partial charge in [-0.05, 0) is 0 Å². The zero-order chi connectivity index (χ0) is 8.00. The van der Waals surface area contributed by atoms with Crippen LogP contribution in [0.4, 0.5) is 0 Å². The van der Waals surface area contributed by atoms with E-state index < -0.39 is 0 Å². The Bertz CT molecular complexity index is 28.5. The molecule has 9 heteroatoms. The van der Waals surface area contributed by atoms with Crippen LogP contribution in [0.3, 0.4) is 0 Å². The SMILES string of the molecule is C=C.C=C.S.S.[Ag].[Ag].[S-2].[S]=[Ag].[S]=[Ag]. The van der Waals surface area contributed by atoms with Gasteiger partial charge in [-0.25, -0.2) is 0 Å². The first-order valence-electron chi connectivity index (χ1n) is 1.25. The zero-order valence-corrected chi connectivity index (χ0v) is 16.6. The summed E-state index contributed by atoms with van der Waals surface area (Å²) in [5.74, 6) is 0. The fourth-order valence-corrected chi connectivity index (χ4v) is 0. The van der Waals surface area contributed by atoms with Crippen LogP contribution in [0, 0.1) is 0 Å². The monoisotopic (exact) mass is 648 g/mol. The van der Waals surface area contributed by atoms with Crippen LogP contribution in [-0.2, 0) is 96.6 Å². The van der Waals surface area contributed by atoms with E-state index in [0.717, 1.165) is 0 Å². The van der Waals surface area contributed by atoms with Gasteiger partial charge in [-0.15, -0.1) is 26.3 Å². The molecule has 0 aromatic heterocycles. The summed E-state index contributed by atoms with van der Waals surface area (Å²) in [6.07, 6.45) is 0. The second-order valence-electron chi connectivity index (χ2n) is 0. The Labute approximate surface area is 166 Å². The quantitative estimate of drug-likeness (QED) is 0.292. The van der Waals surface area contributed by atoms with Crippen molar-refractivity contribution in [2.24, 2.45) is 0 Å². The molecule has 0 spiro atoms. The van der Waals surface area contributed by atoms with Crippen LogP contribution in [0.2, 0.25) is 0 Å². The van der Waals surface area contributed by atoms with Gasteiger partial charge in [0.2, 0.25) is 0 Å². The van der Waals surface area contributed by atoms with E-state index in [-0.39, 0.29) is 85.2 Å². The first-order chi connectivity index (χ1) is 4.00. The molecule has 13 heavy (non-hydrogen) atoms. The molecule has 0 rings (SSSR count). The molecule has 0 aliphatic heterocycles. The Balaban J connectivity index is -0.00000000208. The molecule has 0 unspecified atom stereocenters. The van der Waals surface area contributed by atoms with Gasteiger partial charge < -0.3 is 13.5 Å². The van der Waals surface area contributed by atoms with Crippen molar-refractivity contribution < 1.29 is 83.1 Å². The van der Waals surface area contributed by atoms with Gasteiger partial charge in [0, 0.05) is 44.8 Å². The van der Waals surface area contributed by atoms with E-state index in [4.69, 9.17) is 0 Å². The van der Waals surface area contributed by atoms with E-state index in [9.17, 15) is 0 Å².